The van der Waals surface area contributed by atoms with Crippen molar-refractivity contribution in [2.24, 2.45) is 0 Å². The van der Waals surface area contributed by atoms with Gasteiger partial charge in [-0.15, -0.1) is 0 Å². The molecule has 0 bridgehead atoms. The molecule has 0 fully saturated rings. The highest BCUT2D eigenvalue weighted by molar-refractivity contribution is 7.92. The number of aromatic nitrogens is 3. The summed E-state index contributed by atoms with van der Waals surface area (Å²) < 4.78 is 37.8. The van der Waals surface area contributed by atoms with Gasteiger partial charge in [-0.3, -0.25) is 0 Å². The number of aryl methyl sites for hydroxylation is 1. The number of nitrogens with zero attached hydrogens (tertiary/aromatic N) is 3. The van der Waals surface area contributed by atoms with Crippen molar-refractivity contribution in [1.82, 2.24) is 14.6 Å². The van der Waals surface area contributed by atoms with Crippen molar-refractivity contribution in [1.29, 1.82) is 0 Å². The minimum absolute atomic E-state index is 0.0976. The Labute approximate surface area is 165 Å². The molecule has 0 aliphatic carbocycles. The van der Waals surface area contributed by atoms with Gasteiger partial charge in [-0.2, -0.15) is 18.4 Å². The summed E-state index contributed by atoms with van der Waals surface area (Å²) in [6.07, 6.45) is 1.76. The van der Waals surface area contributed by atoms with E-state index in [0.717, 1.165) is 10.8 Å². The van der Waals surface area contributed by atoms with Crippen molar-refractivity contribution in [3.8, 4) is 11.9 Å². The zero-order valence-corrected chi connectivity index (χ0v) is 18.6. The zero-order valence-electron chi connectivity index (χ0n) is 16.8. The van der Waals surface area contributed by atoms with E-state index in [-0.39, 0.29) is 10.9 Å². The van der Waals surface area contributed by atoms with Crippen molar-refractivity contribution in [2.75, 3.05) is 19.1 Å². The predicted octanol–water partition coefficient (Wildman–Crippen LogP) is 2.23. The minimum atomic E-state index is -3.81. The van der Waals surface area contributed by atoms with Crippen molar-refractivity contribution in [3.05, 3.63) is 36.0 Å². The predicted molar refractivity (Wildman–Crippen MR) is 111 cm³/mol. The topological polar surface area (TPSA) is 95.3 Å². The average molecular weight is 421 g/mol. The van der Waals surface area contributed by atoms with Gasteiger partial charge in [-0.05, 0) is 24.2 Å². The van der Waals surface area contributed by atoms with Gasteiger partial charge in [0.2, 0.25) is 5.88 Å². The fraction of sp³-hybridized carbons (Fsp3) is 0.333. The Morgan fingerprint density at radius 2 is 1.68 bits per heavy atom. The van der Waals surface area contributed by atoms with E-state index in [2.05, 4.69) is 34.4 Å². The molecule has 0 aliphatic rings. The molecule has 0 aliphatic heterocycles. The molecule has 8 nitrogen and oxygen atoms in total. The Bertz CT molecular complexity index is 1120. The van der Waals surface area contributed by atoms with Crippen LogP contribution >= 0.6 is 0 Å². The van der Waals surface area contributed by atoms with Crippen LogP contribution in [0.4, 0.5) is 0 Å². The molecule has 3 aromatic rings. The number of hydrogen-bond donors (Lipinski definition) is 1. The molecular formula is C18H24N4O4SSi. The maximum Gasteiger partial charge on any atom is 0.321 e. The van der Waals surface area contributed by atoms with E-state index in [1.165, 1.54) is 18.9 Å². The molecular weight excluding hydrogens is 396 g/mol. The first-order chi connectivity index (χ1) is 13.1. The summed E-state index contributed by atoms with van der Waals surface area (Å²) in [5.41, 5.74) is 1.37. The van der Waals surface area contributed by atoms with Crippen LogP contribution in [-0.2, 0) is 10.0 Å². The molecule has 1 N–H and O–H groups in total. The third-order valence-corrected chi connectivity index (χ3v) is 7.65. The van der Waals surface area contributed by atoms with E-state index >= 15 is 0 Å². The molecule has 3 rings (SSSR count). The third-order valence-electron chi connectivity index (χ3n) is 4.33. The van der Waals surface area contributed by atoms with Gasteiger partial charge in [0.05, 0.1) is 32.6 Å². The smallest absolute Gasteiger partial charge is 0.321 e. The molecule has 1 aromatic carbocycles. The lowest BCUT2D eigenvalue weighted by atomic mass is 10.2. The summed E-state index contributed by atoms with van der Waals surface area (Å²) in [7, 11) is -2.71. The van der Waals surface area contributed by atoms with Crippen LogP contribution in [0.5, 0.6) is 11.9 Å². The number of rotatable bonds is 6. The number of hydrogen-bond acceptors (Lipinski definition) is 6. The van der Waals surface area contributed by atoms with E-state index in [1.54, 1.807) is 30.5 Å². The van der Waals surface area contributed by atoms with Crippen LogP contribution < -0.4 is 19.5 Å². The Kier molecular flexibility index (Phi) is 5.11. The quantitative estimate of drug-likeness (QED) is 0.615. The highest BCUT2D eigenvalue weighted by Crippen LogP contribution is 2.27. The molecule has 0 amide bonds. The number of methoxy groups -OCH3 is 2. The lowest BCUT2D eigenvalue weighted by Gasteiger charge is -2.15. The Morgan fingerprint density at radius 1 is 1.04 bits per heavy atom. The van der Waals surface area contributed by atoms with Crippen LogP contribution in [0.25, 0.3) is 11.0 Å². The highest BCUT2D eigenvalue weighted by Gasteiger charge is 2.28. The number of fused-ring (bicyclic) bond motifs is 1. The molecule has 0 saturated carbocycles. The number of benzene rings is 1. The molecule has 2 aromatic heterocycles. The van der Waals surface area contributed by atoms with E-state index in [4.69, 9.17) is 9.47 Å². The Morgan fingerprint density at radius 3 is 2.21 bits per heavy atom. The van der Waals surface area contributed by atoms with Gasteiger partial charge < -0.3 is 9.47 Å². The van der Waals surface area contributed by atoms with Gasteiger partial charge in [-0.1, -0.05) is 37.3 Å². The fourth-order valence-corrected chi connectivity index (χ4v) is 5.33. The molecule has 0 unspecified atom stereocenters. The maximum absolute atomic E-state index is 12.9. The van der Waals surface area contributed by atoms with Gasteiger partial charge in [0, 0.05) is 6.20 Å². The molecule has 0 spiro atoms. The standard InChI is InChI=1S/C18H24N4O4SSi/c1-12-7-9-13(10-8-12)27(23,24)21-22-11-14(28(4,5)6)15-16(22)19-18(26-3)20-17(15)25-2/h7-11,21H,1-6H3. The summed E-state index contributed by atoms with van der Waals surface area (Å²) in [5.74, 6) is 0.354. The molecule has 0 saturated heterocycles. The van der Waals surface area contributed by atoms with Crippen molar-refractivity contribution >= 4 is 34.3 Å². The second-order valence-corrected chi connectivity index (χ2v) is 14.2. The van der Waals surface area contributed by atoms with Crippen molar-refractivity contribution in [3.63, 3.8) is 0 Å². The molecule has 150 valence electrons. The lowest BCUT2D eigenvalue weighted by molar-refractivity contribution is 0.356. The van der Waals surface area contributed by atoms with Crippen LogP contribution in [0.1, 0.15) is 5.56 Å². The first-order valence-corrected chi connectivity index (χ1v) is 13.7. The highest BCUT2D eigenvalue weighted by atomic mass is 32.2. The summed E-state index contributed by atoms with van der Waals surface area (Å²) in [6, 6.07) is 6.74. The van der Waals surface area contributed by atoms with E-state index in [9.17, 15) is 8.42 Å². The number of ether oxygens (including phenoxy) is 2. The first kappa shape index (κ1) is 20.1. The summed E-state index contributed by atoms with van der Waals surface area (Å²) in [4.78, 5) is 11.4. The fourth-order valence-electron chi connectivity index (χ4n) is 2.85. The van der Waals surface area contributed by atoms with E-state index in [1.807, 2.05) is 6.92 Å². The SMILES string of the molecule is COc1nc(OC)c2c([Si](C)(C)C)cn(NS(=O)(=O)c3ccc(C)cc3)c2n1. The first-order valence-electron chi connectivity index (χ1n) is 8.68. The van der Waals surface area contributed by atoms with E-state index < -0.39 is 18.1 Å². The summed E-state index contributed by atoms with van der Waals surface area (Å²) in [6.45, 7) is 8.37. The number of sulfonamides is 1. The number of nitrogens with one attached hydrogen (secondary N) is 1. The molecule has 2 heterocycles. The normalized spacial score (nSPS) is 12.2. The molecule has 28 heavy (non-hydrogen) atoms. The van der Waals surface area contributed by atoms with Crippen LogP contribution in [0, 0.1) is 6.92 Å². The van der Waals surface area contributed by atoms with Crippen LogP contribution in [0.2, 0.25) is 19.6 Å². The second kappa shape index (κ2) is 7.10. The third kappa shape index (κ3) is 3.69. The summed E-state index contributed by atoms with van der Waals surface area (Å²) in [5, 5.41) is 1.67. The summed E-state index contributed by atoms with van der Waals surface area (Å²) >= 11 is 0. The second-order valence-electron chi connectivity index (χ2n) is 7.49. The Hall–Kier alpha value is -2.59. The van der Waals surface area contributed by atoms with Crippen LogP contribution in [0.3, 0.4) is 0 Å². The van der Waals surface area contributed by atoms with Gasteiger partial charge in [-0.25, -0.2) is 9.51 Å². The maximum atomic E-state index is 12.9. The van der Waals surface area contributed by atoms with E-state index in [0.29, 0.717) is 16.9 Å². The average Bonchev–Trinajstić information content (AvgIpc) is 2.99. The molecule has 10 heteroatoms. The van der Waals surface area contributed by atoms with Gasteiger partial charge in [0.15, 0.2) is 5.65 Å². The van der Waals surface area contributed by atoms with Gasteiger partial charge in [0.1, 0.15) is 0 Å². The minimum Gasteiger partial charge on any atom is -0.480 e. The van der Waals surface area contributed by atoms with Crippen molar-refractivity contribution < 1.29 is 17.9 Å². The molecule has 0 radical (unpaired) electrons. The lowest BCUT2D eigenvalue weighted by Crippen LogP contribution is -2.37. The van der Waals surface area contributed by atoms with Crippen molar-refractivity contribution in [2.45, 2.75) is 31.5 Å². The van der Waals surface area contributed by atoms with Crippen LogP contribution in [-0.4, -0.2) is 45.4 Å². The largest absolute Gasteiger partial charge is 0.480 e. The van der Waals surface area contributed by atoms with Gasteiger partial charge >= 0.3 is 6.01 Å². The van der Waals surface area contributed by atoms with Crippen LogP contribution in [0.15, 0.2) is 35.4 Å². The zero-order chi connectivity index (χ0) is 20.7. The monoisotopic (exact) mass is 420 g/mol. The molecule has 0 atom stereocenters. The van der Waals surface area contributed by atoms with Gasteiger partial charge in [0.25, 0.3) is 10.0 Å². The Balaban J connectivity index is 2.22.